The van der Waals surface area contributed by atoms with Gasteiger partial charge in [0.1, 0.15) is 5.82 Å². The van der Waals surface area contributed by atoms with Gasteiger partial charge in [-0.1, -0.05) is 38.1 Å². The molecule has 1 atom stereocenters. The predicted molar refractivity (Wildman–Crippen MR) is 69.9 cm³/mol. The number of hydrogen-bond donors (Lipinski definition) is 1. The summed E-state index contributed by atoms with van der Waals surface area (Å²) < 4.78 is 18.3. The summed E-state index contributed by atoms with van der Waals surface area (Å²) in [5.74, 6) is 0.659. The Balaban J connectivity index is 2.14. The van der Waals surface area contributed by atoms with Crippen molar-refractivity contribution in [3.8, 4) is 0 Å². The first kappa shape index (κ1) is 13.7. The maximum atomic E-state index is 13.1. The molecule has 102 valence electrons. The van der Waals surface area contributed by atoms with Crippen molar-refractivity contribution in [1.82, 2.24) is 10.1 Å². The molecule has 0 aliphatic heterocycles. The average molecular weight is 263 g/mol. The Hall–Kier alpha value is -1.75. The Bertz CT molecular complexity index is 560. The van der Waals surface area contributed by atoms with E-state index in [-0.39, 0.29) is 17.3 Å². The smallest absolute Gasteiger partial charge is 0.244 e. The van der Waals surface area contributed by atoms with Crippen molar-refractivity contribution in [3.05, 3.63) is 47.4 Å². The molecule has 0 saturated carbocycles. The molecular weight excluding hydrogens is 245 g/mol. The number of aromatic nitrogens is 2. The van der Waals surface area contributed by atoms with Gasteiger partial charge in [-0.2, -0.15) is 4.98 Å². The summed E-state index contributed by atoms with van der Waals surface area (Å²) in [7, 11) is 0. The zero-order valence-corrected chi connectivity index (χ0v) is 11.4. The van der Waals surface area contributed by atoms with Crippen molar-refractivity contribution in [2.24, 2.45) is 11.1 Å². The SMILES string of the molecule is CC(C)(C)[C@@H](N)c1nc(Cc2cccc(F)c2)no1. The number of halogens is 1. The van der Waals surface area contributed by atoms with Crippen LogP contribution in [0.1, 0.15) is 44.1 Å². The molecule has 2 N–H and O–H groups in total. The maximum Gasteiger partial charge on any atom is 0.244 e. The molecule has 0 bridgehead atoms. The minimum atomic E-state index is -0.318. The second kappa shape index (κ2) is 5.09. The molecule has 0 saturated heterocycles. The molecule has 0 fully saturated rings. The van der Waals surface area contributed by atoms with E-state index in [0.29, 0.717) is 18.1 Å². The van der Waals surface area contributed by atoms with Crippen molar-refractivity contribution >= 4 is 0 Å². The van der Waals surface area contributed by atoms with Crippen LogP contribution in [0.4, 0.5) is 4.39 Å². The van der Waals surface area contributed by atoms with E-state index in [1.165, 1.54) is 12.1 Å². The van der Waals surface area contributed by atoms with E-state index in [1.54, 1.807) is 6.07 Å². The molecule has 0 radical (unpaired) electrons. The van der Waals surface area contributed by atoms with Crippen molar-refractivity contribution in [2.45, 2.75) is 33.2 Å². The fraction of sp³-hybridized carbons (Fsp3) is 0.429. The molecular formula is C14H18FN3O. The van der Waals surface area contributed by atoms with Crippen LogP contribution in [-0.2, 0) is 6.42 Å². The molecule has 5 heteroatoms. The Morgan fingerprint density at radius 2 is 2.11 bits per heavy atom. The molecule has 1 aromatic heterocycles. The lowest BCUT2D eigenvalue weighted by Crippen LogP contribution is -2.26. The van der Waals surface area contributed by atoms with Crippen LogP contribution in [0.3, 0.4) is 0 Å². The molecule has 2 aromatic rings. The minimum absolute atomic E-state index is 0.150. The van der Waals surface area contributed by atoms with Crippen molar-refractivity contribution < 1.29 is 8.91 Å². The number of hydrogen-bond acceptors (Lipinski definition) is 4. The first-order valence-corrected chi connectivity index (χ1v) is 6.19. The average Bonchev–Trinajstić information content (AvgIpc) is 2.75. The zero-order valence-electron chi connectivity index (χ0n) is 11.4. The first-order chi connectivity index (χ1) is 8.86. The third-order valence-electron chi connectivity index (χ3n) is 2.93. The standard InChI is InChI=1S/C14H18FN3O/c1-14(2,3)12(16)13-17-11(18-19-13)8-9-5-4-6-10(15)7-9/h4-7,12H,8,16H2,1-3H3/t12-/m0/s1. The van der Waals surface area contributed by atoms with Crippen LogP contribution in [0.5, 0.6) is 0 Å². The van der Waals surface area contributed by atoms with Crippen molar-refractivity contribution in [1.29, 1.82) is 0 Å². The second-order valence-electron chi connectivity index (χ2n) is 5.70. The highest BCUT2D eigenvalue weighted by Crippen LogP contribution is 2.29. The lowest BCUT2D eigenvalue weighted by molar-refractivity contribution is 0.252. The third kappa shape index (κ3) is 3.38. The molecule has 0 aliphatic rings. The highest BCUT2D eigenvalue weighted by atomic mass is 19.1. The van der Waals surface area contributed by atoms with Crippen LogP contribution in [0.2, 0.25) is 0 Å². The maximum absolute atomic E-state index is 13.1. The zero-order chi connectivity index (χ0) is 14.0. The monoisotopic (exact) mass is 263 g/mol. The second-order valence-corrected chi connectivity index (χ2v) is 5.70. The van der Waals surface area contributed by atoms with Gasteiger partial charge in [-0.25, -0.2) is 4.39 Å². The van der Waals surface area contributed by atoms with Gasteiger partial charge in [-0.05, 0) is 23.1 Å². The van der Waals surface area contributed by atoms with Gasteiger partial charge in [0.15, 0.2) is 5.82 Å². The van der Waals surface area contributed by atoms with Crippen LogP contribution < -0.4 is 5.73 Å². The summed E-state index contributed by atoms with van der Waals surface area (Å²) in [5, 5.41) is 3.89. The highest BCUT2D eigenvalue weighted by molar-refractivity contribution is 5.19. The molecule has 1 aromatic carbocycles. The lowest BCUT2D eigenvalue weighted by atomic mass is 9.87. The summed E-state index contributed by atoms with van der Waals surface area (Å²) in [5.41, 5.74) is 6.70. The fourth-order valence-corrected chi connectivity index (χ4v) is 1.67. The first-order valence-electron chi connectivity index (χ1n) is 6.19. The molecule has 0 aliphatic carbocycles. The molecule has 1 heterocycles. The summed E-state index contributed by atoms with van der Waals surface area (Å²) in [6.07, 6.45) is 0.429. The number of rotatable bonds is 3. The normalized spacial score (nSPS) is 13.5. The molecule has 19 heavy (non-hydrogen) atoms. The summed E-state index contributed by atoms with van der Waals surface area (Å²) in [6.45, 7) is 6.02. The predicted octanol–water partition coefficient (Wildman–Crippen LogP) is 2.85. The van der Waals surface area contributed by atoms with E-state index in [4.69, 9.17) is 10.3 Å². The van der Waals surface area contributed by atoms with Crippen molar-refractivity contribution in [2.75, 3.05) is 0 Å². The number of benzene rings is 1. The van der Waals surface area contributed by atoms with Gasteiger partial charge in [0, 0.05) is 6.42 Å². The quantitative estimate of drug-likeness (QED) is 0.924. The number of nitrogens with zero attached hydrogens (tertiary/aromatic N) is 2. The molecule has 0 amide bonds. The van der Waals surface area contributed by atoms with Gasteiger partial charge >= 0.3 is 0 Å². The van der Waals surface area contributed by atoms with Crippen molar-refractivity contribution in [3.63, 3.8) is 0 Å². The molecule has 0 spiro atoms. The summed E-state index contributed by atoms with van der Waals surface area (Å²) >= 11 is 0. The van der Waals surface area contributed by atoms with E-state index in [2.05, 4.69) is 10.1 Å². The minimum Gasteiger partial charge on any atom is -0.338 e. The number of nitrogens with two attached hydrogens (primary N) is 1. The molecule has 4 nitrogen and oxygen atoms in total. The van der Waals surface area contributed by atoms with E-state index in [1.807, 2.05) is 26.8 Å². The Morgan fingerprint density at radius 3 is 2.74 bits per heavy atom. The van der Waals surface area contributed by atoms with Crippen LogP contribution in [-0.4, -0.2) is 10.1 Å². The highest BCUT2D eigenvalue weighted by Gasteiger charge is 2.27. The Kier molecular flexibility index (Phi) is 3.66. The van der Waals surface area contributed by atoms with Gasteiger partial charge in [0.25, 0.3) is 0 Å². The van der Waals surface area contributed by atoms with E-state index in [0.717, 1.165) is 5.56 Å². The van der Waals surface area contributed by atoms with E-state index in [9.17, 15) is 4.39 Å². The van der Waals surface area contributed by atoms with Crippen LogP contribution >= 0.6 is 0 Å². The van der Waals surface area contributed by atoms with Crippen LogP contribution in [0.15, 0.2) is 28.8 Å². The van der Waals surface area contributed by atoms with Gasteiger partial charge in [-0.3, -0.25) is 0 Å². The largest absolute Gasteiger partial charge is 0.338 e. The summed E-state index contributed by atoms with van der Waals surface area (Å²) in [4.78, 5) is 4.28. The van der Waals surface area contributed by atoms with E-state index >= 15 is 0 Å². The molecule has 0 unspecified atom stereocenters. The third-order valence-corrected chi connectivity index (χ3v) is 2.93. The van der Waals surface area contributed by atoms with Gasteiger partial charge in [0.2, 0.25) is 5.89 Å². The summed E-state index contributed by atoms with van der Waals surface area (Å²) in [6, 6.07) is 6.02. The van der Waals surface area contributed by atoms with Gasteiger partial charge in [-0.15, -0.1) is 0 Å². The topological polar surface area (TPSA) is 64.9 Å². The lowest BCUT2D eigenvalue weighted by Gasteiger charge is -2.23. The Morgan fingerprint density at radius 1 is 1.37 bits per heavy atom. The van der Waals surface area contributed by atoms with E-state index < -0.39 is 0 Å². The Labute approximate surface area is 111 Å². The van der Waals surface area contributed by atoms with Gasteiger partial charge in [0.05, 0.1) is 6.04 Å². The van der Waals surface area contributed by atoms with Gasteiger partial charge < -0.3 is 10.3 Å². The van der Waals surface area contributed by atoms with Crippen LogP contribution in [0, 0.1) is 11.2 Å². The molecule has 2 rings (SSSR count). The fourth-order valence-electron chi connectivity index (χ4n) is 1.67. The van der Waals surface area contributed by atoms with Crippen LogP contribution in [0.25, 0.3) is 0 Å².